The summed E-state index contributed by atoms with van der Waals surface area (Å²) in [5.41, 5.74) is 1.07. The van der Waals surface area contributed by atoms with Crippen LogP contribution in [0.4, 0.5) is 5.69 Å². The van der Waals surface area contributed by atoms with Gasteiger partial charge in [0.1, 0.15) is 17.9 Å². The van der Waals surface area contributed by atoms with E-state index in [4.69, 9.17) is 0 Å². The lowest BCUT2D eigenvalue weighted by atomic mass is 10.2. The molecule has 1 aliphatic rings. The second kappa shape index (κ2) is 6.88. The van der Waals surface area contributed by atoms with Crippen molar-refractivity contribution in [2.75, 3.05) is 5.32 Å². The van der Waals surface area contributed by atoms with Crippen LogP contribution in [0.2, 0.25) is 0 Å². The maximum absolute atomic E-state index is 12.6. The third-order valence-electron chi connectivity index (χ3n) is 4.12. The van der Waals surface area contributed by atoms with E-state index in [0.29, 0.717) is 11.5 Å². The first-order valence-electron chi connectivity index (χ1n) is 8.18. The van der Waals surface area contributed by atoms with Gasteiger partial charge in [0.2, 0.25) is 5.91 Å². The molecule has 1 aliphatic carbocycles. The number of nitrogens with zero attached hydrogens (tertiary/aromatic N) is 2. The largest absolute Gasteiger partial charge is 0.349 e. The van der Waals surface area contributed by atoms with Gasteiger partial charge in [-0.15, -0.1) is 0 Å². The van der Waals surface area contributed by atoms with Gasteiger partial charge in [-0.25, -0.2) is 4.98 Å². The summed E-state index contributed by atoms with van der Waals surface area (Å²) in [7, 11) is 0. The third kappa shape index (κ3) is 3.93. The number of amides is 2. The zero-order valence-electron chi connectivity index (χ0n) is 14.2. The number of aryl methyl sites for hydroxylation is 2. The lowest BCUT2D eigenvalue weighted by Crippen LogP contribution is -2.37. The molecule has 0 radical (unpaired) electrons. The number of anilines is 1. The Morgan fingerprint density at radius 2 is 1.96 bits per heavy atom. The quantitative estimate of drug-likeness (QED) is 0.860. The van der Waals surface area contributed by atoms with E-state index >= 15 is 0 Å². The van der Waals surface area contributed by atoms with Crippen molar-refractivity contribution in [3.05, 3.63) is 57.8 Å². The number of para-hydroxylation sites is 1. The Morgan fingerprint density at radius 3 is 2.64 bits per heavy atom. The molecule has 0 spiro atoms. The topological polar surface area (TPSA) is 93.1 Å². The molecule has 130 valence electrons. The van der Waals surface area contributed by atoms with Gasteiger partial charge in [0.15, 0.2) is 0 Å². The van der Waals surface area contributed by atoms with E-state index < -0.39 is 11.5 Å². The minimum absolute atomic E-state index is 0.0406. The minimum atomic E-state index is -0.509. The smallest absolute Gasteiger partial charge is 0.266 e. The van der Waals surface area contributed by atoms with Crippen LogP contribution in [0.5, 0.6) is 0 Å². The summed E-state index contributed by atoms with van der Waals surface area (Å²) in [5, 5.41) is 5.54. The standard InChI is InChI=1S/C18H20N4O3/c1-11-5-3-4-6-15(11)21-16(23)10-22-12(2)19-9-14(18(22)25)17(24)20-13-7-8-13/h3-6,9,13H,7-8,10H2,1-2H3,(H,20,24)(H,21,23). The van der Waals surface area contributed by atoms with Crippen LogP contribution >= 0.6 is 0 Å². The Hall–Kier alpha value is -2.96. The monoisotopic (exact) mass is 340 g/mol. The second-order valence-corrected chi connectivity index (χ2v) is 6.22. The molecule has 0 aliphatic heterocycles. The zero-order valence-corrected chi connectivity index (χ0v) is 14.2. The molecule has 0 saturated heterocycles. The fourth-order valence-electron chi connectivity index (χ4n) is 2.45. The molecular weight excluding hydrogens is 320 g/mol. The molecule has 0 bridgehead atoms. The van der Waals surface area contributed by atoms with Gasteiger partial charge < -0.3 is 10.6 Å². The zero-order chi connectivity index (χ0) is 18.0. The van der Waals surface area contributed by atoms with E-state index in [1.54, 1.807) is 13.0 Å². The van der Waals surface area contributed by atoms with E-state index in [-0.39, 0.29) is 24.1 Å². The first-order valence-corrected chi connectivity index (χ1v) is 8.18. The summed E-state index contributed by atoms with van der Waals surface area (Å²) in [4.78, 5) is 41.1. The van der Waals surface area contributed by atoms with E-state index in [2.05, 4.69) is 15.6 Å². The van der Waals surface area contributed by atoms with Crippen LogP contribution in [-0.4, -0.2) is 27.4 Å². The average Bonchev–Trinajstić information content (AvgIpc) is 3.37. The van der Waals surface area contributed by atoms with Crippen LogP contribution in [0, 0.1) is 13.8 Å². The summed E-state index contributed by atoms with van der Waals surface area (Å²) in [5.74, 6) is -0.401. The van der Waals surface area contributed by atoms with Gasteiger partial charge in [0.05, 0.1) is 0 Å². The van der Waals surface area contributed by atoms with E-state index in [9.17, 15) is 14.4 Å². The number of carbonyl (C=O) groups excluding carboxylic acids is 2. The summed E-state index contributed by atoms with van der Waals surface area (Å²) in [6.07, 6.45) is 3.13. The van der Waals surface area contributed by atoms with Crippen LogP contribution in [0.3, 0.4) is 0 Å². The highest BCUT2D eigenvalue weighted by Gasteiger charge is 2.26. The fourth-order valence-corrected chi connectivity index (χ4v) is 2.45. The normalized spacial score (nSPS) is 13.4. The molecule has 1 aromatic carbocycles. The van der Waals surface area contributed by atoms with Crippen molar-refractivity contribution < 1.29 is 9.59 Å². The third-order valence-corrected chi connectivity index (χ3v) is 4.12. The highest BCUT2D eigenvalue weighted by Crippen LogP contribution is 2.18. The number of hydrogen-bond donors (Lipinski definition) is 2. The summed E-state index contributed by atoms with van der Waals surface area (Å²) >= 11 is 0. The predicted octanol–water partition coefficient (Wildman–Crippen LogP) is 1.39. The van der Waals surface area contributed by atoms with Crippen molar-refractivity contribution in [2.24, 2.45) is 0 Å². The Bertz CT molecular complexity index is 884. The average molecular weight is 340 g/mol. The van der Waals surface area contributed by atoms with Gasteiger partial charge in [-0.05, 0) is 38.3 Å². The number of benzene rings is 1. The van der Waals surface area contributed by atoms with E-state index in [0.717, 1.165) is 18.4 Å². The summed E-state index contributed by atoms with van der Waals surface area (Å²) < 4.78 is 1.22. The molecule has 7 nitrogen and oxygen atoms in total. The molecule has 3 rings (SSSR count). The first kappa shape index (κ1) is 16.9. The van der Waals surface area contributed by atoms with Gasteiger partial charge in [-0.1, -0.05) is 18.2 Å². The van der Waals surface area contributed by atoms with Crippen molar-refractivity contribution in [2.45, 2.75) is 39.3 Å². The van der Waals surface area contributed by atoms with Crippen LogP contribution < -0.4 is 16.2 Å². The molecule has 0 atom stereocenters. The molecule has 2 amide bonds. The minimum Gasteiger partial charge on any atom is -0.349 e. The highest BCUT2D eigenvalue weighted by molar-refractivity contribution is 5.94. The van der Waals surface area contributed by atoms with E-state index in [1.165, 1.54) is 10.8 Å². The van der Waals surface area contributed by atoms with Gasteiger partial charge in [-0.3, -0.25) is 19.0 Å². The second-order valence-electron chi connectivity index (χ2n) is 6.22. The van der Waals surface area contributed by atoms with Crippen molar-refractivity contribution in [1.29, 1.82) is 0 Å². The summed E-state index contributed by atoms with van der Waals surface area (Å²) in [6, 6.07) is 7.53. The molecule has 2 aromatic rings. The van der Waals surface area contributed by atoms with Gasteiger partial charge in [0, 0.05) is 17.9 Å². The summed E-state index contributed by atoms with van der Waals surface area (Å²) in [6.45, 7) is 3.32. The van der Waals surface area contributed by atoms with Crippen LogP contribution in [0.25, 0.3) is 0 Å². The maximum Gasteiger partial charge on any atom is 0.266 e. The Balaban J connectivity index is 1.79. The van der Waals surface area contributed by atoms with Gasteiger partial charge in [0.25, 0.3) is 11.5 Å². The predicted molar refractivity (Wildman–Crippen MR) is 93.5 cm³/mol. The van der Waals surface area contributed by atoms with Crippen LogP contribution in [0.15, 0.2) is 35.3 Å². The Kier molecular flexibility index (Phi) is 4.65. The van der Waals surface area contributed by atoms with Crippen molar-refractivity contribution in [3.63, 3.8) is 0 Å². The highest BCUT2D eigenvalue weighted by atomic mass is 16.2. The van der Waals surface area contributed by atoms with Crippen LogP contribution in [0.1, 0.15) is 34.6 Å². The Morgan fingerprint density at radius 1 is 1.24 bits per heavy atom. The lowest BCUT2D eigenvalue weighted by molar-refractivity contribution is -0.116. The molecule has 2 N–H and O–H groups in total. The van der Waals surface area contributed by atoms with Crippen LogP contribution in [-0.2, 0) is 11.3 Å². The number of hydrogen-bond acceptors (Lipinski definition) is 4. The number of rotatable bonds is 5. The first-order chi connectivity index (χ1) is 12.0. The van der Waals surface area contributed by atoms with Crippen molar-refractivity contribution in [1.82, 2.24) is 14.9 Å². The molecule has 7 heteroatoms. The SMILES string of the molecule is Cc1ccccc1NC(=O)Cn1c(C)ncc(C(=O)NC2CC2)c1=O. The fraction of sp³-hybridized carbons (Fsp3) is 0.333. The van der Waals surface area contributed by atoms with E-state index in [1.807, 2.05) is 25.1 Å². The van der Waals surface area contributed by atoms with Crippen molar-refractivity contribution in [3.8, 4) is 0 Å². The molecule has 1 heterocycles. The lowest BCUT2D eigenvalue weighted by Gasteiger charge is -2.12. The van der Waals surface area contributed by atoms with Crippen molar-refractivity contribution >= 4 is 17.5 Å². The molecular formula is C18H20N4O3. The number of carbonyl (C=O) groups is 2. The molecule has 1 fully saturated rings. The maximum atomic E-state index is 12.6. The van der Waals surface area contributed by atoms with Gasteiger partial charge >= 0.3 is 0 Å². The van der Waals surface area contributed by atoms with Gasteiger partial charge in [-0.2, -0.15) is 0 Å². The molecule has 0 unspecified atom stereocenters. The Labute approximate surface area is 145 Å². The number of aromatic nitrogens is 2. The molecule has 1 saturated carbocycles. The number of nitrogens with one attached hydrogen (secondary N) is 2. The molecule has 1 aromatic heterocycles. The molecule has 25 heavy (non-hydrogen) atoms.